The van der Waals surface area contributed by atoms with Crippen molar-refractivity contribution < 1.29 is 9.53 Å². The highest BCUT2D eigenvalue weighted by atomic mass is 16.5. The highest BCUT2D eigenvalue weighted by Crippen LogP contribution is 2.21. The molecule has 0 aliphatic carbocycles. The first-order valence-electron chi connectivity index (χ1n) is 5.67. The van der Waals surface area contributed by atoms with Gasteiger partial charge in [-0.15, -0.1) is 0 Å². The lowest BCUT2D eigenvalue weighted by molar-refractivity contribution is -0.137. The van der Waals surface area contributed by atoms with Gasteiger partial charge in [-0.05, 0) is 38.8 Å². The van der Waals surface area contributed by atoms with E-state index >= 15 is 0 Å². The van der Waals surface area contributed by atoms with Crippen molar-refractivity contribution in [3.8, 4) is 0 Å². The Kier molecular flexibility index (Phi) is 4.32. The molecule has 1 aromatic rings. The molecule has 0 saturated carbocycles. The monoisotopic (exact) mass is 233 g/mol. The molecule has 0 saturated heterocycles. The van der Waals surface area contributed by atoms with Gasteiger partial charge in [-0.3, -0.25) is 0 Å². The van der Waals surface area contributed by atoms with Crippen LogP contribution in [-0.4, -0.2) is 12.6 Å². The van der Waals surface area contributed by atoms with E-state index in [1.807, 2.05) is 32.9 Å². The number of aryl methyl sites for hydroxylation is 3. The number of carbonyl (C=O) groups is 1. The molecule has 0 unspecified atom stereocenters. The maximum Gasteiger partial charge on any atom is 0.332 e. The van der Waals surface area contributed by atoms with Crippen molar-refractivity contribution >= 4 is 11.7 Å². The van der Waals surface area contributed by atoms with Gasteiger partial charge in [-0.1, -0.05) is 17.7 Å². The fourth-order valence-electron chi connectivity index (χ4n) is 2.02. The van der Waals surface area contributed by atoms with Crippen LogP contribution in [0.25, 0.3) is 5.70 Å². The minimum atomic E-state index is -0.399. The summed E-state index contributed by atoms with van der Waals surface area (Å²) in [5.74, 6) is -0.399. The van der Waals surface area contributed by atoms with Gasteiger partial charge in [0.1, 0.15) is 0 Å². The number of ether oxygens (including phenoxy) is 1. The number of hydrogen-bond acceptors (Lipinski definition) is 3. The van der Waals surface area contributed by atoms with E-state index in [2.05, 4.69) is 0 Å². The number of esters is 1. The molecule has 1 rings (SSSR count). The van der Waals surface area contributed by atoms with Crippen molar-refractivity contribution in [2.75, 3.05) is 6.61 Å². The van der Waals surface area contributed by atoms with Crippen LogP contribution < -0.4 is 5.73 Å². The van der Waals surface area contributed by atoms with Crippen LogP contribution in [0.4, 0.5) is 0 Å². The summed E-state index contributed by atoms with van der Waals surface area (Å²) in [4.78, 5) is 11.3. The molecular weight excluding hydrogens is 214 g/mol. The lowest BCUT2D eigenvalue weighted by atomic mass is 9.97. The second-order valence-electron chi connectivity index (χ2n) is 4.13. The third kappa shape index (κ3) is 3.34. The molecular formula is C14H19NO2. The van der Waals surface area contributed by atoms with Crippen molar-refractivity contribution in [3.63, 3.8) is 0 Å². The fourth-order valence-corrected chi connectivity index (χ4v) is 2.02. The molecule has 0 spiro atoms. The summed E-state index contributed by atoms with van der Waals surface area (Å²) in [6.45, 7) is 8.14. The maximum absolute atomic E-state index is 11.3. The SMILES string of the molecule is CCOC(=O)/C=C(\N)c1c(C)cc(C)cc1C. The van der Waals surface area contributed by atoms with Crippen molar-refractivity contribution in [2.45, 2.75) is 27.7 Å². The Labute approximate surface area is 102 Å². The van der Waals surface area contributed by atoms with E-state index in [9.17, 15) is 4.79 Å². The van der Waals surface area contributed by atoms with Crippen molar-refractivity contribution in [1.82, 2.24) is 0 Å². The van der Waals surface area contributed by atoms with Gasteiger partial charge in [0.2, 0.25) is 0 Å². The van der Waals surface area contributed by atoms with Crippen LogP contribution in [0.3, 0.4) is 0 Å². The fraction of sp³-hybridized carbons (Fsp3) is 0.357. The van der Waals surface area contributed by atoms with Crippen LogP contribution in [-0.2, 0) is 9.53 Å². The molecule has 0 amide bonds. The van der Waals surface area contributed by atoms with Gasteiger partial charge >= 0.3 is 5.97 Å². The smallest absolute Gasteiger partial charge is 0.332 e. The summed E-state index contributed by atoms with van der Waals surface area (Å²) >= 11 is 0. The summed E-state index contributed by atoms with van der Waals surface area (Å²) < 4.78 is 4.84. The summed E-state index contributed by atoms with van der Waals surface area (Å²) in [5, 5.41) is 0. The highest BCUT2D eigenvalue weighted by molar-refractivity contribution is 5.91. The molecule has 0 aromatic heterocycles. The average Bonchev–Trinajstić information content (AvgIpc) is 2.15. The first-order valence-corrected chi connectivity index (χ1v) is 5.67. The predicted molar refractivity (Wildman–Crippen MR) is 69.5 cm³/mol. The van der Waals surface area contributed by atoms with Crippen molar-refractivity contribution in [2.24, 2.45) is 5.73 Å². The molecule has 3 heteroatoms. The van der Waals surface area contributed by atoms with Crippen LogP contribution in [0, 0.1) is 20.8 Å². The van der Waals surface area contributed by atoms with E-state index in [0.717, 1.165) is 16.7 Å². The topological polar surface area (TPSA) is 52.3 Å². The Balaban J connectivity index is 3.12. The van der Waals surface area contributed by atoms with Gasteiger partial charge in [-0.2, -0.15) is 0 Å². The van der Waals surface area contributed by atoms with Crippen LogP contribution in [0.1, 0.15) is 29.2 Å². The average molecular weight is 233 g/mol. The number of benzene rings is 1. The standard InChI is InChI=1S/C14H19NO2/c1-5-17-13(16)8-12(15)14-10(3)6-9(2)7-11(14)4/h6-8H,5,15H2,1-4H3/b12-8-. The normalized spacial score (nSPS) is 11.4. The van der Waals surface area contributed by atoms with Gasteiger partial charge in [0.15, 0.2) is 0 Å². The molecule has 0 radical (unpaired) electrons. The molecule has 17 heavy (non-hydrogen) atoms. The molecule has 0 bridgehead atoms. The van der Waals surface area contributed by atoms with E-state index in [4.69, 9.17) is 10.5 Å². The molecule has 3 nitrogen and oxygen atoms in total. The molecule has 2 N–H and O–H groups in total. The third-order valence-corrected chi connectivity index (χ3v) is 2.53. The molecule has 0 heterocycles. The van der Waals surface area contributed by atoms with Crippen LogP contribution in [0.2, 0.25) is 0 Å². The summed E-state index contributed by atoms with van der Waals surface area (Å²) in [6, 6.07) is 4.10. The van der Waals surface area contributed by atoms with Gasteiger partial charge < -0.3 is 10.5 Å². The lowest BCUT2D eigenvalue weighted by Crippen LogP contribution is -2.07. The van der Waals surface area contributed by atoms with E-state index < -0.39 is 5.97 Å². The Morgan fingerprint density at radius 1 is 1.29 bits per heavy atom. The molecule has 92 valence electrons. The highest BCUT2D eigenvalue weighted by Gasteiger charge is 2.08. The second-order valence-corrected chi connectivity index (χ2v) is 4.13. The van der Waals surface area contributed by atoms with Crippen LogP contribution in [0.5, 0.6) is 0 Å². The molecule has 0 fully saturated rings. The summed E-state index contributed by atoms with van der Waals surface area (Å²) in [6.07, 6.45) is 1.34. The van der Waals surface area contributed by atoms with E-state index in [1.165, 1.54) is 11.6 Å². The second kappa shape index (κ2) is 5.53. The number of carbonyl (C=O) groups excluding carboxylic acids is 1. The zero-order valence-corrected chi connectivity index (χ0v) is 10.8. The summed E-state index contributed by atoms with van der Waals surface area (Å²) in [5.41, 5.74) is 10.6. The quantitative estimate of drug-likeness (QED) is 0.644. The molecule has 0 atom stereocenters. The van der Waals surface area contributed by atoms with Crippen molar-refractivity contribution in [3.05, 3.63) is 40.5 Å². The minimum absolute atomic E-state index is 0.356. The zero-order chi connectivity index (χ0) is 13.0. The third-order valence-electron chi connectivity index (χ3n) is 2.53. The predicted octanol–water partition coefficient (Wildman–Crippen LogP) is 2.47. The lowest BCUT2D eigenvalue weighted by Gasteiger charge is -2.11. The van der Waals surface area contributed by atoms with Gasteiger partial charge in [0, 0.05) is 17.3 Å². The largest absolute Gasteiger partial charge is 0.463 e. The molecule has 1 aromatic carbocycles. The maximum atomic E-state index is 11.3. The van der Waals surface area contributed by atoms with Crippen LogP contribution >= 0.6 is 0 Å². The Bertz CT molecular complexity index is 438. The van der Waals surface area contributed by atoms with Gasteiger partial charge in [-0.25, -0.2) is 4.79 Å². The van der Waals surface area contributed by atoms with E-state index in [1.54, 1.807) is 6.92 Å². The Morgan fingerprint density at radius 3 is 2.29 bits per heavy atom. The number of rotatable bonds is 3. The van der Waals surface area contributed by atoms with E-state index in [-0.39, 0.29) is 0 Å². The first kappa shape index (κ1) is 13.3. The van der Waals surface area contributed by atoms with Gasteiger partial charge in [0.05, 0.1) is 6.61 Å². The van der Waals surface area contributed by atoms with Gasteiger partial charge in [0.25, 0.3) is 0 Å². The number of hydrogen-bond donors (Lipinski definition) is 1. The Hall–Kier alpha value is -1.77. The Morgan fingerprint density at radius 2 is 1.82 bits per heavy atom. The summed E-state index contributed by atoms with van der Waals surface area (Å²) in [7, 11) is 0. The molecule has 0 aliphatic rings. The van der Waals surface area contributed by atoms with E-state index in [0.29, 0.717) is 12.3 Å². The molecule has 0 aliphatic heterocycles. The first-order chi connectivity index (χ1) is 7.95. The zero-order valence-electron chi connectivity index (χ0n) is 10.8. The van der Waals surface area contributed by atoms with Crippen LogP contribution in [0.15, 0.2) is 18.2 Å². The van der Waals surface area contributed by atoms with Crippen molar-refractivity contribution in [1.29, 1.82) is 0 Å². The minimum Gasteiger partial charge on any atom is -0.463 e. The number of nitrogens with two attached hydrogens (primary N) is 1.